The van der Waals surface area contributed by atoms with Crippen LogP contribution in [0.4, 0.5) is 0 Å². The zero-order valence-corrected chi connectivity index (χ0v) is 15.1. The second-order valence-electron chi connectivity index (χ2n) is 5.77. The Morgan fingerprint density at radius 3 is 1.68 bits per heavy atom. The molecule has 3 heteroatoms. The molecule has 3 aromatic carbocycles. The summed E-state index contributed by atoms with van der Waals surface area (Å²) in [6, 6.07) is 30.7. The van der Waals surface area contributed by atoms with Crippen LogP contribution >= 0.6 is 7.92 Å². The molecule has 0 heterocycles. The van der Waals surface area contributed by atoms with Gasteiger partial charge in [-0.1, -0.05) is 91.0 Å². The van der Waals surface area contributed by atoms with E-state index in [9.17, 15) is 4.79 Å². The van der Waals surface area contributed by atoms with E-state index in [2.05, 4.69) is 36.4 Å². The van der Waals surface area contributed by atoms with Crippen molar-refractivity contribution in [2.75, 3.05) is 7.11 Å². The molecule has 2 nitrogen and oxygen atoms in total. The first kappa shape index (κ1) is 17.4. The standard InChI is InChI=1S/C22H21O2P/c1-24-22(23)21(17-18-11-5-2-6-12-18)25(19-13-7-3-8-14-19)20-15-9-4-10-16-20/h2-16,21H,17H2,1H3. The van der Waals surface area contributed by atoms with E-state index in [1.165, 1.54) is 17.7 Å². The molecule has 0 aliphatic rings. The zero-order chi connectivity index (χ0) is 17.5. The fraction of sp³-hybridized carbons (Fsp3) is 0.136. The fourth-order valence-electron chi connectivity index (χ4n) is 2.94. The van der Waals surface area contributed by atoms with Crippen molar-refractivity contribution in [3.8, 4) is 0 Å². The minimum atomic E-state index is -0.858. The Balaban J connectivity index is 2.05. The highest BCUT2D eigenvalue weighted by molar-refractivity contribution is 7.74. The minimum absolute atomic E-state index is 0.150. The molecule has 0 radical (unpaired) electrons. The number of ether oxygens (including phenoxy) is 1. The second-order valence-corrected chi connectivity index (χ2v) is 8.17. The van der Waals surface area contributed by atoms with Crippen LogP contribution < -0.4 is 10.6 Å². The van der Waals surface area contributed by atoms with Crippen LogP contribution in [0.15, 0.2) is 91.0 Å². The van der Waals surface area contributed by atoms with Crippen molar-refractivity contribution in [1.29, 1.82) is 0 Å². The van der Waals surface area contributed by atoms with E-state index in [1.807, 2.05) is 54.6 Å². The average molecular weight is 348 g/mol. The topological polar surface area (TPSA) is 26.3 Å². The molecular formula is C22H21O2P. The Hall–Kier alpha value is -2.44. The zero-order valence-electron chi connectivity index (χ0n) is 14.2. The highest BCUT2D eigenvalue weighted by atomic mass is 31.1. The summed E-state index contributed by atoms with van der Waals surface area (Å²) in [5.41, 5.74) is 0.935. The monoisotopic (exact) mass is 348 g/mol. The van der Waals surface area contributed by atoms with E-state index in [0.29, 0.717) is 6.42 Å². The largest absolute Gasteiger partial charge is 0.469 e. The molecule has 25 heavy (non-hydrogen) atoms. The molecule has 0 saturated carbocycles. The summed E-state index contributed by atoms with van der Waals surface area (Å²) in [5, 5.41) is 2.38. The Labute approximate surface area is 150 Å². The molecule has 3 rings (SSSR count). The van der Waals surface area contributed by atoms with Crippen LogP contribution in [0.2, 0.25) is 0 Å². The lowest BCUT2D eigenvalue weighted by atomic mass is 10.1. The maximum atomic E-state index is 12.7. The Kier molecular flexibility index (Phi) is 5.98. The third-order valence-electron chi connectivity index (χ3n) is 4.13. The fourth-order valence-corrected chi connectivity index (χ4v) is 5.65. The summed E-state index contributed by atoms with van der Waals surface area (Å²) in [4.78, 5) is 12.7. The molecule has 0 N–H and O–H groups in total. The van der Waals surface area contributed by atoms with Crippen LogP contribution in [-0.4, -0.2) is 18.7 Å². The van der Waals surface area contributed by atoms with E-state index in [1.54, 1.807) is 0 Å². The maximum Gasteiger partial charge on any atom is 0.314 e. The first-order chi connectivity index (χ1) is 12.3. The molecule has 0 bridgehead atoms. The van der Waals surface area contributed by atoms with Crippen molar-refractivity contribution >= 4 is 24.5 Å². The summed E-state index contributed by atoms with van der Waals surface area (Å²) in [6.07, 6.45) is 0.670. The van der Waals surface area contributed by atoms with Gasteiger partial charge in [0.1, 0.15) is 0 Å². The Morgan fingerprint density at radius 1 is 0.800 bits per heavy atom. The quantitative estimate of drug-likeness (QED) is 0.499. The normalized spacial score (nSPS) is 11.9. The average Bonchev–Trinajstić information content (AvgIpc) is 2.69. The molecule has 0 aliphatic heterocycles. The maximum absolute atomic E-state index is 12.7. The van der Waals surface area contributed by atoms with Crippen molar-refractivity contribution in [2.24, 2.45) is 0 Å². The van der Waals surface area contributed by atoms with Gasteiger partial charge in [-0.05, 0) is 30.5 Å². The number of benzene rings is 3. The van der Waals surface area contributed by atoms with E-state index in [4.69, 9.17) is 4.74 Å². The number of methoxy groups -OCH3 is 1. The van der Waals surface area contributed by atoms with E-state index in [-0.39, 0.29) is 11.6 Å². The molecule has 0 fully saturated rings. The van der Waals surface area contributed by atoms with Crippen LogP contribution in [0.1, 0.15) is 5.56 Å². The predicted octanol–water partition coefficient (Wildman–Crippen LogP) is 3.90. The molecule has 1 unspecified atom stereocenters. The third kappa shape index (κ3) is 4.35. The molecule has 0 saturated heterocycles. The van der Waals surface area contributed by atoms with Gasteiger partial charge in [-0.2, -0.15) is 0 Å². The highest BCUT2D eigenvalue weighted by Crippen LogP contribution is 2.41. The number of esters is 1. The van der Waals surface area contributed by atoms with Gasteiger partial charge in [0, 0.05) is 0 Å². The van der Waals surface area contributed by atoms with Crippen molar-refractivity contribution in [2.45, 2.75) is 12.1 Å². The van der Waals surface area contributed by atoms with Crippen LogP contribution in [-0.2, 0) is 16.0 Å². The smallest absolute Gasteiger partial charge is 0.314 e. The lowest BCUT2D eigenvalue weighted by Crippen LogP contribution is -2.31. The third-order valence-corrected chi connectivity index (χ3v) is 6.85. The predicted molar refractivity (Wildman–Crippen MR) is 105 cm³/mol. The summed E-state index contributed by atoms with van der Waals surface area (Å²) < 4.78 is 5.19. The van der Waals surface area contributed by atoms with Crippen molar-refractivity contribution in [3.63, 3.8) is 0 Å². The SMILES string of the molecule is COC(=O)C(Cc1ccccc1)P(c1ccccc1)c1ccccc1. The van der Waals surface area contributed by atoms with Gasteiger partial charge >= 0.3 is 5.97 Å². The van der Waals surface area contributed by atoms with Gasteiger partial charge in [0.2, 0.25) is 0 Å². The Bertz CT molecular complexity index is 749. The molecule has 126 valence electrons. The van der Waals surface area contributed by atoms with Gasteiger partial charge in [-0.15, -0.1) is 0 Å². The lowest BCUT2D eigenvalue weighted by molar-refractivity contribution is -0.140. The summed E-state index contributed by atoms with van der Waals surface area (Å²) in [5.74, 6) is -0.150. The number of hydrogen-bond acceptors (Lipinski definition) is 2. The van der Waals surface area contributed by atoms with Gasteiger partial charge < -0.3 is 4.74 Å². The number of carbonyl (C=O) groups excluding carboxylic acids is 1. The summed E-state index contributed by atoms with van der Waals surface area (Å²) in [6.45, 7) is 0. The van der Waals surface area contributed by atoms with Crippen molar-refractivity contribution in [3.05, 3.63) is 96.6 Å². The Morgan fingerprint density at radius 2 is 1.24 bits per heavy atom. The molecule has 0 aliphatic carbocycles. The van der Waals surface area contributed by atoms with Crippen LogP contribution in [0.25, 0.3) is 0 Å². The molecule has 0 amide bonds. The highest BCUT2D eigenvalue weighted by Gasteiger charge is 2.31. The lowest BCUT2D eigenvalue weighted by Gasteiger charge is -2.27. The van der Waals surface area contributed by atoms with Gasteiger partial charge in [0.25, 0.3) is 0 Å². The summed E-state index contributed by atoms with van der Waals surface area (Å²) in [7, 11) is 0.618. The minimum Gasteiger partial charge on any atom is -0.469 e. The molecule has 1 atom stereocenters. The van der Waals surface area contributed by atoms with Crippen LogP contribution in [0, 0.1) is 0 Å². The molecular weight excluding hydrogens is 327 g/mol. The van der Waals surface area contributed by atoms with E-state index in [0.717, 1.165) is 5.56 Å². The van der Waals surface area contributed by atoms with Crippen molar-refractivity contribution < 1.29 is 9.53 Å². The van der Waals surface area contributed by atoms with E-state index >= 15 is 0 Å². The van der Waals surface area contributed by atoms with Crippen molar-refractivity contribution in [1.82, 2.24) is 0 Å². The van der Waals surface area contributed by atoms with Crippen LogP contribution in [0.5, 0.6) is 0 Å². The second kappa shape index (κ2) is 8.60. The van der Waals surface area contributed by atoms with E-state index < -0.39 is 7.92 Å². The molecule has 0 aromatic heterocycles. The van der Waals surface area contributed by atoms with Crippen LogP contribution in [0.3, 0.4) is 0 Å². The summed E-state index contributed by atoms with van der Waals surface area (Å²) >= 11 is 0. The number of hydrogen-bond donors (Lipinski definition) is 0. The van der Waals surface area contributed by atoms with Gasteiger partial charge in [0.05, 0.1) is 12.8 Å². The van der Waals surface area contributed by atoms with Gasteiger partial charge in [-0.25, -0.2) is 0 Å². The van der Waals surface area contributed by atoms with Gasteiger partial charge in [-0.3, -0.25) is 4.79 Å². The molecule has 0 spiro atoms. The molecule has 3 aromatic rings. The van der Waals surface area contributed by atoms with Gasteiger partial charge in [0.15, 0.2) is 0 Å². The number of carbonyl (C=O) groups is 1. The first-order valence-electron chi connectivity index (χ1n) is 8.30. The number of rotatable bonds is 6. The first-order valence-corrected chi connectivity index (χ1v) is 9.72.